The molecule has 1 fully saturated rings. The van der Waals surface area contributed by atoms with Gasteiger partial charge in [0, 0.05) is 17.8 Å². The third kappa shape index (κ3) is 1.66. The molecule has 0 radical (unpaired) electrons. The van der Waals surface area contributed by atoms with Crippen LogP contribution in [-0.4, -0.2) is 24.7 Å². The first-order valence-electron chi connectivity index (χ1n) is 5.52. The summed E-state index contributed by atoms with van der Waals surface area (Å²) in [7, 11) is 0. The van der Waals surface area contributed by atoms with Gasteiger partial charge in [0.05, 0.1) is 13.2 Å². The van der Waals surface area contributed by atoms with Gasteiger partial charge in [0.25, 0.3) is 0 Å². The van der Waals surface area contributed by atoms with Gasteiger partial charge in [-0.15, -0.1) is 0 Å². The summed E-state index contributed by atoms with van der Waals surface area (Å²) in [5.74, 6) is 0.496. The molecule has 1 aromatic rings. The SMILES string of the molecule is CCC(CN)C1(c2cccnc2)COC1. The minimum absolute atomic E-state index is 0.123. The van der Waals surface area contributed by atoms with Gasteiger partial charge in [0.1, 0.15) is 0 Å². The zero-order chi connectivity index (χ0) is 10.7. The van der Waals surface area contributed by atoms with Crippen LogP contribution in [0.25, 0.3) is 0 Å². The van der Waals surface area contributed by atoms with Crippen molar-refractivity contribution in [3.8, 4) is 0 Å². The number of pyridine rings is 1. The normalized spacial score (nSPS) is 20.7. The Bertz CT molecular complexity index is 305. The van der Waals surface area contributed by atoms with Crippen LogP contribution >= 0.6 is 0 Å². The quantitative estimate of drug-likeness (QED) is 0.808. The summed E-state index contributed by atoms with van der Waals surface area (Å²) in [5, 5.41) is 0. The summed E-state index contributed by atoms with van der Waals surface area (Å²) in [6, 6.07) is 4.12. The van der Waals surface area contributed by atoms with E-state index in [0.29, 0.717) is 5.92 Å². The molecular formula is C12H18N2O. The molecule has 2 rings (SSSR count). The van der Waals surface area contributed by atoms with Gasteiger partial charge in [-0.2, -0.15) is 0 Å². The average Bonchev–Trinajstić information content (AvgIpc) is 2.24. The number of ether oxygens (including phenoxy) is 1. The molecule has 2 heterocycles. The highest BCUT2D eigenvalue weighted by molar-refractivity contribution is 5.26. The molecule has 1 aliphatic heterocycles. The van der Waals surface area contributed by atoms with Crippen LogP contribution in [0, 0.1) is 5.92 Å². The van der Waals surface area contributed by atoms with Crippen LogP contribution in [0.1, 0.15) is 18.9 Å². The average molecular weight is 206 g/mol. The molecule has 0 spiro atoms. The highest BCUT2D eigenvalue weighted by atomic mass is 16.5. The second-order valence-electron chi connectivity index (χ2n) is 4.23. The second-order valence-corrected chi connectivity index (χ2v) is 4.23. The molecule has 0 aromatic carbocycles. The van der Waals surface area contributed by atoms with Crippen molar-refractivity contribution in [1.82, 2.24) is 4.98 Å². The number of nitrogens with two attached hydrogens (primary N) is 1. The third-order valence-electron chi connectivity index (χ3n) is 3.51. The Hall–Kier alpha value is -0.930. The van der Waals surface area contributed by atoms with Gasteiger partial charge in [0.2, 0.25) is 0 Å². The van der Waals surface area contributed by atoms with Crippen LogP contribution < -0.4 is 5.73 Å². The lowest BCUT2D eigenvalue weighted by atomic mass is 9.68. The van der Waals surface area contributed by atoms with Crippen LogP contribution in [0.5, 0.6) is 0 Å². The van der Waals surface area contributed by atoms with Crippen molar-refractivity contribution in [2.75, 3.05) is 19.8 Å². The number of rotatable bonds is 4. The predicted octanol–water partition coefficient (Wildman–Crippen LogP) is 1.33. The largest absolute Gasteiger partial charge is 0.379 e. The monoisotopic (exact) mass is 206 g/mol. The molecule has 0 saturated carbocycles. The number of hydrogen-bond acceptors (Lipinski definition) is 3. The van der Waals surface area contributed by atoms with Gasteiger partial charge in [-0.25, -0.2) is 0 Å². The van der Waals surface area contributed by atoms with Crippen molar-refractivity contribution < 1.29 is 4.74 Å². The molecule has 3 nitrogen and oxygen atoms in total. The summed E-state index contributed by atoms with van der Waals surface area (Å²) in [4.78, 5) is 4.19. The van der Waals surface area contributed by atoms with Crippen LogP contribution in [0.2, 0.25) is 0 Å². The summed E-state index contributed by atoms with van der Waals surface area (Å²) in [6.45, 7) is 4.48. The lowest BCUT2D eigenvalue weighted by Crippen LogP contribution is -2.54. The zero-order valence-corrected chi connectivity index (χ0v) is 9.15. The van der Waals surface area contributed by atoms with Crippen molar-refractivity contribution >= 4 is 0 Å². The Morgan fingerprint density at radius 2 is 2.40 bits per heavy atom. The Kier molecular flexibility index (Phi) is 3.03. The molecule has 82 valence electrons. The minimum Gasteiger partial charge on any atom is -0.379 e. The molecule has 1 aliphatic rings. The van der Waals surface area contributed by atoms with E-state index in [4.69, 9.17) is 10.5 Å². The first-order chi connectivity index (χ1) is 7.33. The van der Waals surface area contributed by atoms with Gasteiger partial charge in [-0.3, -0.25) is 4.98 Å². The predicted molar refractivity (Wildman–Crippen MR) is 59.6 cm³/mol. The Balaban J connectivity index is 2.29. The van der Waals surface area contributed by atoms with Gasteiger partial charge in [-0.05, 0) is 24.1 Å². The first kappa shape index (κ1) is 10.6. The Labute approximate surface area is 90.7 Å². The highest BCUT2D eigenvalue weighted by Crippen LogP contribution is 2.40. The molecule has 1 aromatic heterocycles. The van der Waals surface area contributed by atoms with Gasteiger partial charge in [0.15, 0.2) is 0 Å². The molecular weight excluding hydrogens is 188 g/mol. The lowest BCUT2D eigenvalue weighted by Gasteiger charge is -2.47. The Morgan fingerprint density at radius 1 is 1.60 bits per heavy atom. The maximum atomic E-state index is 5.84. The van der Waals surface area contributed by atoms with E-state index in [0.717, 1.165) is 26.2 Å². The van der Waals surface area contributed by atoms with Crippen molar-refractivity contribution in [2.45, 2.75) is 18.8 Å². The second kappa shape index (κ2) is 4.29. The van der Waals surface area contributed by atoms with E-state index in [1.165, 1.54) is 5.56 Å². The van der Waals surface area contributed by atoms with E-state index in [1.807, 2.05) is 12.3 Å². The Morgan fingerprint density at radius 3 is 2.80 bits per heavy atom. The zero-order valence-electron chi connectivity index (χ0n) is 9.15. The van der Waals surface area contributed by atoms with Gasteiger partial charge < -0.3 is 10.5 Å². The van der Waals surface area contributed by atoms with Crippen LogP contribution in [0.4, 0.5) is 0 Å². The molecule has 1 atom stereocenters. The summed E-state index contributed by atoms with van der Waals surface area (Å²) < 4.78 is 5.39. The van der Waals surface area contributed by atoms with E-state index in [9.17, 15) is 0 Å². The molecule has 1 saturated heterocycles. The fourth-order valence-electron chi connectivity index (χ4n) is 2.40. The summed E-state index contributed by atoms with van der Waals surface area (Å²) in [6.07, 6.45) is 4.84. The van der Waals surface area contributed by atoms with E-state index in [1.54, 1.807) is 6.20 Å². The van der Waals surface area contributed by atoms with Crippen LogP contribution in [0.3, 0.4) is 0 Å². The molecule has 1 unspecified atom stereocenters. The van der Waals surface area contributed by atoms with Crippen molar-refractivity contribution in [3.63, 3.8) is 0 Å². The minimum atomic E-state index is 0.123. The van der Waals surface area contributed by atoms with E-state index in [2.05, 4.69) is 18.0 Å². The lowest BCUT2D eigenvalue weighted by molar-refractivity contribution is -0.0899. The molecule has 15 heavy (non-hydrogen) atoms. The standard InChI is InChI=1S/C12H18N2O/c1-2-10(6-13)12(8-15-9-12)11-4-3-5-14-7-11/h3-5,7,10H,2,6,8-9,13H2,1H3. The summed E-state index contributed by atoms with van der Waals surface area (Å²) >= 11 is 0. The topological polar surface area (TPSA) is 48.1 Å². The van der Waals surface area contributed by atoms with Crippen molar-refractivity contribution in [1.29, 1.82) is 0 Å². The molecule has 0 aliphatic carbocycles. The molecule has 2 N–H and O–H groups in total. The fourth-order valence-corrected chi connectivity index (χ4v) is 2.40. The molecule has 0 amide bonds. The third-order valence-corrected chi connectivity index (χ3v) is 3.51. The van der Waals surface area contributed by atoms with Crippen molar-refractivity contribution in [3.05, 3.63) is 30.1 Å². The van der Waals surface area contributed by atoms with E-state index in [-0.39, 0.29) is 5.41 Å². The first-order valence-corrected chi connectivity index (χ1v) is 5.52. The maximum absolute atomic E-state index is 5.84. The van der Waals surface area contributed by atoms with Gasteiger partial charge in [-0.1, -0.05) is 19.4 Å². The van der Waals surface area contributed by atoms with Crippen LogP contribution in [-0.2, 0) is 10.2 Å². The number of aromatic nitrogens is 1. The maximum Gasteiger partial charge on any atom is 0.0589 e. The van der Waals surface area contributed by atoms with Crippen LogP contribution in [0.15, 0.2) is 24.5 Å². The van der Waals surface area contributed by atoms with Gasteiger partial charge >= 0.3 is 0 Å². The highest BCUT2D eigenvalue weighted by Gasteiger charge is 2.45. The van der Waals surface area contributed by atoms with E-state index < -0.39 is 0 Å². The number of nitrogens with zero attached hydrogens (tertiary/aromatic N) is 1. The fraction of sp³-hybridized carbons (Fsp3) is 0.583. The summed E-state index contributed by atoms with van der Waals surface area (Å²) in [5.41, 5.74) is 7.23. The molecule has 3 heteroatoms. The number of hydrogen-bond donors (Lipinski definition) is 1. The van der Waals surface area contributed by atoms with Crippen molar-refractivity contribution in [2.24, 2.45) is 11.7 Å². The molecule has 0 bridgehead atoms. The smallest absolute Gasteiger partial charge is 0.0589 e. The van der Waals surface area contributed by atoms with E-state index >= 15 is 0 Å².